The standard InChI is InChI=1S/C13H29N3/c1-5-15-6-8-16(9-7-15)11-13(4)10-14-12(2)3/h12-14H,5-11H2,1-4H3. The van der Waals surface area contributed by atoms with Crippen molar-refractivity contribution in [1.29, 1.82) is 0 Å². The second-order valence-corrected chi connectivity index (χ2v) is 5.40. The first kappa shape index (κ1) is 13.9. The van der Waals surface area contributed by atoms with Gasteiger partial charge in [-0.1, -0.05) is 27.7 Å². The summed E-state index contributed by atoms with van der Waals surface area (Å²) in [6.07, 6.45) is 0. The molecule has 1 heterocycles. The van der Waals surface area contributed by atoms with Crippen LogP contribution in [0.5, 0.6) is 0 Å². The molecule has 16 heavy (non-hydrogen) atoms. The van der Waals surface area contributed by atoms with Gasteiger partial charge in [0.25, 0.3) is 0 Å². The van der Waals surface area contributed by atoms with E-state index in [1.807, 2.05) is 0 Å². The van der Waals surface area contributed by atoms with E-state index in [2.05, 4.69) is 42.8 Å². The zero-order chi connectivity index (χ0) is 12.0. The quantitative estimate of drug-likeness (QED) is 0.737. The summed E-state index contributed by atoms with van der Waals surface area (Å²) >= 11 is 0. The summed E-state index contributed by atoms with van der Waals surface area (Å²) < 4.78 is 0. The molecule has 3 nitrogen and oxygen atoms in total. The van der Waals surface area contributed by atoms with Crippen LogP contribution in [0.15, 0.2) is 0 Å². The van der Waals surface area contributed by atoms with Crippen molar-refractivity contribution in [2.75, 3.05) is 45.8 Å². The highest BCUT2D eigenvalue weighted by atomic mass is 15.3. The molecule has 0 aromatic heterocycles. The van der Waals surface area contributed by atoms with Crippen molar-refractivity contribution in [2.24, 2.45) is 5.92 Å². The third kappa shape index (κ3) is 5.28. The molecule has 0 radical (unpaired) electrons. The smallest absolute Gasteiger partial charge is 0.0110 e. The molecule has 0 spiro atoms. The molecule has 0 aromatic rings. The van der Waals surface area contributed by atoms with Crippen molar-refractivity contribution < 1.29 is 0 Å². The molecule has 1 aliphatic heterocycles. The molecule has 0 amide bonds. The van der Waals surface area contributed by atoms with Crippen molar-refractivity contribution in [1.82, 2.24) is 15.1 Å². The molecule has 1 saturated heterocycles. The van der Waals surface area contributed by atoms with Gasteiger partial charge in [0.1, 0.15) is 0 Å². The summed E-state index contributed by atoms with van der Waals surface area (Å²) in [5.41, 5.74) is 0. The van der Waals surface area contributed by atoms with Crippen molar-refractivity contribution in [2.45, 2.75) is 33.7 Å². The first-order valence-corrected chi connectivity index (χ1v) is 6.80. The van der Waals surface area contributed by atoms with Gasteiger partial charge in [-0.3, -0.25) is 0 Å². The van der Waals surface area contributed by atoms with Crippen LogP contribution in [0.2, 0.25) is 0 Å². The molecule has 1 unspecified atom stereocenters. The number of hydrogen-bond acceptors (Lipinski definition) is 3. The Morgan fingerprint density at radius 1 is 1.00 bits per heavy atom. The summed E-state index contributed by atoms with van der Waals surface area (Å²) in [6, 6.07) is 0.611. The third-order valence-corrected chi connectivity index (χ3v) is 3.36. The molecular weight excluding hydrogens is 198 g/mol. The SMILES string of the molecule is CCN1CCN(CC(C)CNC(C)C)CC1. The minimum Gasteiger partial charge on any atom is -0.314 e. The van der Waals surface area contributed by atoms with Gasteiger partial charge in [-0.2, -0.15) is 0 Å². The van der Waals surface area contributed by atoms with E-state index in [0.29, 0.717) is 6.04 Å². The first-order chi connectivity index (χ1) is 7.61. The highest BCUT2D eigenvalue weighted by Crippen LogP contribution is 2.05. The monoisotopic (exact) mass is 227 g/mol. The van der Waals surface area contributed by atoms with E-state index in [1.54, 1.807) is 0 Å². The Kier molecular flexibility index (Phi) is 6.32. The molecule has 1 atom stereocenters. The predicted octanol–water partition coefficient (Wildman–Crippen LogP) is 1.26. The van der Waals surface area contributed by atoms with Crippen LogP contribution in [0, 0.1) is 5.92 Å². The Bertz CT molecular complexity index is 174. The number of rotatable bonds is 6. The van der Waals surface area contributed by atoms with Crippen molar-refractivity contribution >= 4 is 0 Å². The molecule has 1 aliphatic rings. The van der Waals surface area contributed by atoms with E-state index in [0.717, 1.165) is 12.5 Å². The minimum absolute atomic E-state index is 0.611. The Morgan fingerprint density at radius 2 is 1.56 bits per heavy atom. The van der Waals surface area contributed by atoms with Gasteiger partial charge in [0.2, 0.25) is 0 Å². The van der Waals surface area contributed by atoms with Crippen molar-refractivity contribution in [3.8, 4) is 0 Å². The fourth-order valence-electron chi connectivity index (χ4n) is 2.23. The molecule has 1 N–H and O–H groups in total. The van der Waals surface area contributed by atoms with Gasteiger partial charge < -0.3 is 15.1 Å². The Labute approximate surface area is 101 Å². The lowest BCUT2D eigenvalue weighted by atomic mass is 10.1. The second-order valence-electron chi connectivity index (χ2n) is 5.40. The van der Waals surface area contributed by atoms with Gasteiger partial charge in [-0.15, -0.1) is 0 Å². The molecular formula is C13H29N3. The van der Waals surface area contributed by atoms with E-state index in [-0.39, 0.29) is 0 Å². The van der Waals surface area contributed by atoms with Gasteiger partial charge in [-0.25, -0.2) is 0 Å². The van der Waals surface area contributed by atoms with Crippen LogP contribution >= 0.6 is 0 Å². The van der Waals surface area contributed by atoms with E-state index in [4.69, 9.17) is 0 Å². The highest BCUT2D eigenvalue weighted by molar-refractivity contribution is 4.73. The summed E-state index contributed by atoms with van der Waals surface area (Å²) in [5.74, 6) is 0.760. The predicted molar refractivity (Wildman–Crippen MR) is 70.9 cm³/mol. The second kappa shape index (κ2) is 7.25. The van der Waals surface area contributed by atoms with Crippen LogP contribution in [0.3, 0.4) is 0 Å². The van der Waals surface area contributed by atoms with Crippen LogP contribution in [0.1, 0.15) is 27.7 Å². The Balaban J connectivity index is 2.13. The van der Waals surface area contributed by atoms with E-state index in [9.17, 15) is 0 Å². The van der Waals surface area contributed by atoms with E-state index >= 15 is 0 Å². The molecule has 96 valence electrons. The maximum Gasteiger partial charge on any atom is 0.0110 e. The van der Waals surface area contributed by atoms with Gasteiger partial charge in [-0.05, 0) is 19.0 Å². The number of hydrogen-bond donors (Lipinski definition) is 1. The molecule has 0 saturated carbocycles. The number of nitrogens with one attached hydrogen (secondary N) is 1. The van der Waals surface area contributed by atoms with Gasteiger partial charge in [0.05, 0.1) is 0 Å². The largest absolute Gasteiger partial charge is 0.314 e. The summed E-state index contributed by atoms with van der Waals surface area (Å²) in [7, 11) is 0. The summed E-state index contributed by atoms with van der Waals surface area (Å²) in [5, 5.41) is 3.52. The Morgan fingerprint density at radius 3 is 2.06 bits per heavy atom. The van der Waals surface area contributed by atoms with Gasteiger partial charge in [0.15, 0.2) is 0 Å². The number of likely N-dealkylation sites (N-methyl/N-ethyl adjacent to an activating group) is 1. The first-order valence-electron chi connectivity index (χ1n) is 6.80. The third-order valence-electron chi connectivity index (χ3n) is 3.36. The van der Waals surface area contributed by atoms with Crippen LogP contribution < -0.4 is 5.32 Å². The van der Waals surface area contributed by atoms with Crippen molar-refractivity contribution in [3.05, 3.63) is 0 Å². The van der Waals surface area contributed by atoms with Crippen LogP contribution in [0.4, 0.5) is 0 Å². The molecule has 1 rings (SSSR count). The highest BCUT2D eigenvalue weighted by Gasteiger charge is 2.17. The fourth-order valence-corrected chi connectivity index (χ4v) is 2.23. The average Bonchev–Trinajstić information content (AvgIpc) is 2.27. The molecule has 1 fully saturated rings. The number of piperazine rings is 1. The number of nitrogens with zero attached hydrogens (tertiary/aromatic N) is 2. The van der Waals surface area contributed by atoms with Gasteiger partial charge in [0, 0.05) is 38.8 Å². The maximum absolute atomic E-state index is 3.52. The van der Waals surface area contributed by atoms with E-state index in [1.165, 1.54) is 39.3 Å². The average molecular weight is 227 g/mol. The summed E-state index contributed by atoms with van der Waals surface area (Å²) in [6.45, 7) is 17.6. The minimum atomic E-state index is 0.611. The normalized spacial score (nSPS) is 21.6. The molecule has 0 bridgehead atoms. The zero-order valence-corrected chi connectivity index (χ0v) is 11.5. The van der Waals surface area contributed by atoms with E-state index < -0.39 is 0 Å². The molecule has 0 aliphatic carbocycles. The summed E-state index contributed by atoms with van der Waals surface area (Å²) in [4.78, 5) is 5.15. The molecule has 3 heteroatoms. The van der Waals surface area contributed by atoms with Gasteiger partial charge >= 0.3 is 0 Å². The van der Waals surface area contributed by atoms with Crippen molar-refractivity contribution in [3.63, 3.8) is 0 Å². The lowest BCUT2D eigenvalue weighted by Gasteiger charge is -2.35. The molecule has 0 aromatic carbocycles. The lowest BCUT2D eigenvalue weighted by Crippen LogP contribution is -2.48. The topological polar surface area (TPSA) is 18.5 Å². The maximum atomic E-state index is 3.52. The Hall–Kier alpha value is -0.120. The lowest BCUT2D eigenvalue weighted by molar-refractivity contribution is 0.123. The fraction of sp³-hybridized carbons (Fsp3) is 1.00. The van der Waals surface area contributed by atoms with Crippen LogP contribution in [-0.2, 0) is 0 Å². The zero-order valence-electron chi connectivity index (χ0n) is 11.5. The van der Waals surface area contributed by atoms with Crippen LogP contribution in [0.25, 0.3) is 0 Å². The van der Waals surface area contributed by atoms with Crippen LogP contribution in [-0.4, -0.2) is 61.7 Å².